The number of hydrogen-bond acceptors (Lipinski definition) is 7. The van der Waals surface area contributed by atoms with Crippen molar-refractivity contribution in [3.8, 4) is 0 Å². The normalized spacial score (nSPS) is 15.2. The molecule has 0 aliphatic carbocycles. The lowest BCUT2D eigenvalue weighted by atomic mass is 10.2. The molecule has 1 aliphatic heterocycles. The highest BCUT2D eigenvalue weighted by atomic mass is 35.5. The van der Waals surface area contributed by atoms with Gasteiger partial charge in [-0.05, 0) is 30.7 Å². The molecule has 3 rings (SSSR count). The van der Waals surface area contributed by atoms with Crippen LogP contribution in [0.4, 0.5) is 17.5 Å². The van der Waals surface area contributed by atoms with Crippen molar-refractivity contribution >= 4 is 29.1 Å². The molecule has 7 nitrogen and oxygen atoms in total. The summed E-state index contributed by atoms with van der Waals surface area (Å²) in [5.74, 6) is 1.16. The largest absolute Gasteiger partial charge is 0.379 e. The first-order valence-electron chi connectivity index (χ1n) is 7.97. The highest BCUT2D eigenvalue weighted by molar-refractivity contribution is 6.30. The van der Waals surface area contributed by atoms with Gasteiger partial charge < -0.3 is 15.4 Å². The molecule has 1 fully saturated rings. The molecule has 24 heavy (non-hydrogen) atoms. The first-order valence-corrected chi connectivity index (χ1v) is 8.35. The maximum Gasteiger partial charge on any atom is 0.249 e. The van der Waals surface area contributed by atoms with Gasteiger partial charge >= 0.3 is 0 Å². The summed E-state index contributed by atoms with van der Waals surface area (Å²) in [6, 6.07) is 5.62. The van der Waals surface area contributed by atoms with E-state index >= 15 is 0 Å². The number of nitrogens with zero attached hydrogens (tertiary/aromatic N) is 4. The molecule has 1 saturated heterocycles. The quantitative estimate of drug-likeness (QED) is 0.829. The highest BCUT2D eigenvalue weighted by Gasteiger charge is 2.09. The van der Waals surface area contributed by atoms with Crippen molar-refractivity contribution in [1.29, 1.82) is 0 Å². The van der Waals surface area contributed by atoms with Crippen molar-refractivity contribution in [2.45, 2.75) is 6.92 Å². The molecule has 0 atom stereocenters. The Bertz CT molecular complexity index is 677. The molecule has 1 aromatic carbocycles. The van der Waals surface area contributed by atoms with Gasteiger partial charge in [0, 0.05) is 36.9 Å². The van der Waals surface area contributed by atoms with Gasteiger partial charge in [-0.15, -0.1) is 5.10 Å². The summed E-state index contributed by atoms with van der Waals surface area (Å²) >= 11 is 5.97. The number of halogens is 1. The van der Waals surface area contributed by atoms with Gasteiger partial charge in [0.25, 0.3) is 0 Å². The first-order chi connectivity index (χ1) is 11.7. The average molecular weight is 349 g/mol. The van der Waals surface area contributed by atoms with Crippen molar-refractivity contribution < 1.29 is 4.74 Å². The van der Waals surface area contributed by atoms with E-state index < -0.39 is 0 Å². The van der Waals surface area contributed by atoms with Crippen LogP contribution in [0, 0.1) is 6.92 Å². The van der Waals surface area contributed by atoms with E-state index in [-0.39, 0.29) is 0 Å². The summed E-state index contributed by atoms with van der Waals surface area (Å²) in [5.41, 5.74) is 1.93. The van der Waals surface area contributed by atoms with Crippen LogP contribution in [0.2, 0.25) is 5.02 Å². The average Bonchev–Trinajstić information content (AvgIpc) is 2.59. The van der Waals surface area contributed by atoms with Gasteiger partial charge in [0.1, 0.15) is 0 Å². The van der Waals surface area contributed by atoms with Crippen molar-refractivity contribution in [2.24, 2.45) is 0 Å². The van der Waals surface area contributed by atoms with Gasteiger partial charge in [0.05, 0.1) is 19.4 Å². The van der Waals surface area contributed by atoms with Gasteiger partial charge in [-0.2, -0.15) is 10.1 Å². The van der Waals surface area contributed by atoms with Crippen molar-refractivity contribution in [3.05, 3.63) is 35.0 Å². The molecule has 1 aliphatic rings. The Morgan fingerprint density at radius 1 is 1.29 bits per heavy atom. The van der Waals surface area contributed by atoms with Gasteiger partial charge in [-0.3, -0.25) is 4.90 Å². The molecule has 2 heterocycles. The Labute approximate surface area is 146 Å². The zero-order valence-corrected chi connectivity index (χ0v) is 14.4. The molecular weight excluding hydrogens is 328 g/mol. The second kappa shape index (κ2) is 8.23. The smallest absolute Gasteiger partial charge is 0.249 e. The SMILES string of the molecule is Cc1cc(Cl)ccc1Nc1nncc(NCCN2CCOCC2)n1. The minimum atomic E-state index is 0.455. The first kappa shape index (κ1) is 16.9. The molecule has 0 saturated carbocycles. The zero-order chi connectivity index (χ0) is 16.8. The minimum Gasteiger partial charge on any atom is -0.379 e. The number of nitrogens with one attached hydrogen (secondary N) is 2. The molecule has 0 spiro atoms. The third-order valence-corrected chi connectivity index (χ3v) is 4.07. The Morgan fingerprint density at radius 2 is 2.12 bits per heavy atom. The Hall–Kier alpha value is -1.96. The van der Waals surface area contributed by atoms with E-state index in [9.17, 15) is 0 Å². The van der Waals surface area contributed by atoms with Gasteiger partial charge in [0.15, 0.2) is 5.82 Å². The van der Waals surface area contributed by atoms with Gasteiger partial charge in [-0.25, -0.2) is 0 Å². The number of hydrogen-bond donors (Lipinski definition) is 2. The predicted molar refractivity (Wildman–Crippen MR) is 95.0 cm³/mol. The van der Waals surface area contributed by atoms with Crippen LogP contribution in [0.5, 0.6) is 0 Å². The summed E-state index contributed by atoms with van der Waals surface area (Å²) in [7, 11) is 0. The lowest BCUT2D eigenvalue weighted by Crippen LogP contribution is -2.39. The number of benzene rings is 1. The second-order valence-electron chi connectivity index (χ2n) is 5.63. The second-order valence-corrected chi connectivity index (χ2v) is 6.07. The number of aromatic nitrogens is 3. The van der Waals surface area contributed by atoms with Crippen LogP contribution < -0.4 is 10.6 Å². The molecule has 0 bridgehead atoms. The maximum absolute atomic E-state index is 5.97. The number of rotatable bonds is 6. The van der Waals surface area contributed by atoms with E-state index in [0.29, 0.717) is 16.8 Å². The summed E-state index contributed by atoms with van der Waals surface area (Å²) in [5, 5.41) is 15.2. The molecule has 0 radical (unpaired) electrons. The standard InChI is InChI=1S/C16H21ClN6O/c1-12-10-13(17)2-3-14(12)20-16-21-15(11-19-22-16)18-4-5-23-6-8-24-9-7-23/h2-3,10-11H,4-9H2,1H3,(H2,18,20,21,22). The lowest BCUT2D eigenvalue weighted by Gasteiger charge is -2.26. The van der Waals surface area contributed by atoms with E-state index in [2.05, 4.69) is 30.7 Å². The van der Waals surface area contributed by atoms with Crippen LogP contribution in [0.25, 0.3) is 0 Å². The van der Waals surface area contributed by atoms with Crippen molar-refractivity contribution in [3.63, 3.8) is 0 Å². The van der Waals surface area contributed by atoms with E-state index in [1.54, 1.807) is 6.20 Å². The number of anilines is 3. The fourth-order valence-corrected chi connectivity index (χ4v) is 2.72. The molecule has 0 unspecified atom stereocenters. The fourth-order valence-electron chi connectivity index (χ4n) is 2.50. The van der Waals surface area contributed by atoms with Gasteiger partial charge in [-0.1, -0.05) is 11.6 Å². The highest BCUT2D eigenvalue weighted by Crippen LogP contribution is 2.22. The van der Waals surface area contributed by atoms with E-state index in [0.717, 1.165) is 50.6 Å². The van der Waals surface area contributed by atoms with Crippen LogP contribution in [-0.4, -0.2) is 59.5 Å². The Kier molecular flexibility index (Phi) is 5.79. The molecule has 2 N–H and O–H groups in total. The van der Waals surface area contributed by atoms with Crippen LogP contribution in [0.15, 0.2) is 24.4 Å². The zero-order valence-electron chi connectivity index (χ0n) is 13.6. The molecule has 0 amide bonds. The van der Waals surface area contributed by atoms with Crippen molar-refractivity contribution in [1.82, 2.24) is 20.1 Å². The molecule has 8 heteroatoms. The molecular formula is C16H21ClN6O. The Morgan fingerprint density at radius 3 is 2.92 bits per heavy atom. The van der Waals surface area contributed by atoms with Crippen LogP contribution in [0.3, 0.4) is 0 Å². The van der Waals surface area contributed by atoms with E-state index in [4.69, 9.17) is 16.3 Å². The monoisotopic (exact) mass is 348 g/mol. The minimum absolute atomic E-state index is 0.455. The van der Waals surface area contributed by atoms with Crippen LogP contribution in [-0.2, 0) is 4.74 Å². The fraction of sp³-hybridized carbons (Fsp3) is 0.438. The molecule has 128 valence electrons. The number of aryl methyl sites for hydroxylation is 1. The summed E-state index contributed by atoms with van der Waals surface area (Å²) in [4.78, 5) is 6.80. The number of morpholine rings is 1. The third kappa shape index (κ3) is 4.77. The maximum atomic E-state index is 5.97. The third-order valence-electron chi connectivity index (χ3n) is 3.83. The summed E-state index contributed by atoms with van der Waals surface area (Å²) in [6.45, 7) is 7.31. The summed E-state index contributed by atoms with van der Waals surface area (Å²) in [6.07, 6.45) is 1.62. The molecule has 1 aromatic heterocycles. The van der Waals surface area contributed by atoms with E-state index in [1.807, 2.05) is 25.1 Å². The topological polar surface area (TPSA) is 75.2 Å². The predicted octanol–water partition coefficient (Wildman–Crippen LogP) is 2.32. The van der Waals surface area contributed by atoms with Crippen molar-refractivity contribution in [2.75, 3.05) is 50.0 Å². The number of ether oxygens (including phenoxy) is 1. The van der Waals surface area contributed by atoms with E-state index in [1.165, 1.54) is 0 Å². The van der Waals surface area contributed by atoms with Crippen LogP contribution in [0.1, 0.15) is 5.56 Å². The van der Waals surface area contributed by atoms with Crippen LogP contribution >= 0.6 is 11.6 Å². The summed E-state index contributed by atoms with van der Waals surface area (Å²) < 4.78 is 5.34. The lowest BCUT2D eigenvalue weighted by molar-refractivity contribution is 0.0398. The van der Waals surface area contributed by atoms with Gasteiger partial charge in [0.2, 0.25) is 5.95 Å². The Balaban J connectivity index is 1.55. The molecule has 2 aromatic rings.